The molecule has 4 nitrogen and oxygen atoms in total. The van der Waals surface area contributed by atoms with Gasteiger partial charge in [0.15, 0.2) is 0 Å². The Kier molecular flexibility index (Phi) is 4.18. The Bertz CT molecular complexity index is 653. The molecule has 0 aliphatic carbocycles. The van der Waals surface area contributed by atoms with Gasteiger partial charge in [0.2, 0.25) is 0 Å². The van der Waals surface area contributed by atoms with E-state index in [9.17, 15) is 9.18 Å². The molecule has 0 unspecified atom stereocenters. The number of primary amides is 1. The van der Waals surface area contributed by atoms with Crippen LogP contribution in [0.2, 0.25) is 0 Å². The lowest BCUT2D eigenvalue weighted by Gasteiger charge is -2.24. The molecular weight excluding hydrogens is 289 g/mol. The number of nitrogens with one attached hydrogen (secondary N) is 1. The fraction of sp³-hybridized carbons (Fsp3) is 0.267. The fourth-order valence-corrected chi connectivity index (χ4v) is 2.86. The summed E-state index contributed by atoms with van der Waals surface area (Å²) >= 11 is 1.65. The molecule has 0 atom stereocenters. The summed E-state index contributed by atoms with van der Waals surface area (Å²) in [6.45, 7) is 4.65. The third-order valence-corrected chi connectivity index (χ3v) is 4.55. The lowest BCUT2D eigenvalue weighted by molar-refractivity contribution is 0.100. The lowest BCUT2D eigenvalue weighted by Crippen LogP contribution is -2.27. The van der Waals surface area contributed by atoms with Crippen molar-refractivity contribution in [2.75, 3.05) is 17.6 Å². The summed E-state index contributed by atoms with van der Waals surface area (Å²) in [5.41, 5.74) is 11.0. The van der Waals surface area contributed by atoms with Crippen LogP contribution in [-0.4, -0.2) is 12.5 Å². The molecule has 112 valence electrons. The van der Waals surface area contributed by atoms with E-state index in [-0.39, 0.29) is 22.4 Å². The number of rotatable bonds is 5. The van der Waals surface area contributed by atoms with Crippen LogP contribution in [-0.2, 0) is 5.41 Å². The van der Waals surface area contributed by atoms with Gasteiger partial charge < -0.3 is 16.8 Å². The number of hydrogen-bond acceptors (Lipinski definition) is 4. The molecule has 21 heavy (non-hydrogen) atoms. The van der Waals surface area contributed by atoms with Gasteiger partial charge in [0.1, 0.15) is 5.82 Å². The van der Waals surface area contributed by atoms with E-state index in [1.807, 2.05) is 17.5 Å². The van der Waals surface area contributed by atoms with Gasteiger partial charge in [-0.15, -0.1) is 11.3 Å². The molecule has 0 bridgehead atoms. The van der Waals surface area contributed by atoms with E-state index in [1.54, 1.807) is 11.3 Å². The van der Waals surface area contributed by atoms with E-state index in [4.69, 9.17) is 11.5 Å². The topological polar surface area (TPSA) is 81.1 Å². The first kappa shape index (κ1) is 15.3. The highest BCUT2D eigenvalue weighted by Gasteiger charge is 2.22. The maximum atomic E-state index is 13.9. The predicted octanol–water partition coefficient (Wildman–Crippen LogP) is 2.96. The van der Waals surface area contributed by atoms with Gasteiger partial charge in [0.05, 0.1) is 11.3 Å². The molecule has 5 N–H and O–H groups in total. The molecule has 2 aromatic rings. The van der Waals surface area contributed by atoms with Crippen molar-refractivity contribution in [2.45, 2.75) is 19.3 Å². The van der Waals surface area contributed by atoms with Crippen molar-refractivity contribution in [3.05, 3.63) is 45.9 Å². The SMILES string of the molecule is CC(C)(CNc1cc(C(N)=O)c(N)cc1F)c1cccs1. The molecule has 0 saturated heterocycles. The van der Waals surface area contributed by atoms with E-state index >= 15 is 0 Å². The summed E-state index contributed by atoms with van der Waals surface area (Å²) in [6, 6.07) is 6.50. The number of halogens is 1. The van der Waals surface area contributed by atoms with Crippen molar-refractivity contribution in [3.8, 4) is 0 Å². The van der Waals surface area contributed by atoms with Crippen LogP contribution >= 0.6 is 11.3 Å². The Balaban J connectivity index is 2.20. The van der Waals surface area contributed by atoms with Crippen molar-refractivity contribution in [3.63, 3.8) is 0 Å². The Morgan fingerprint density at radius 1 is 1.43 bits per heavy atom. The largest absolute Gasteiger partial charge is 0.398 e. The zero-order valence-electron chi connectivity index (χ0n) is 11.9. The van der Waals surface area contributed by atoms with Crippen molar-refractivity contribution < 1.29 is 9.18 Å². The zero-order chi connectivity index (χ0) is 15.6. The maximum Gasteiger partial charge on any atom is 0.250 e. The average Bonchev–Trinajstić information content (AvgIpc) is 2.91. The monoisotopic (exact) mass is 307 g/mol. The minimum atomic E-state index is -0.673. The van der Waals surface area contributed by atoms with E-state index in [0.29, 0.717) is 6.54 Å². The first-order chi connectivity index (χ1) is 9.81. The summed E-state index contributed by atoms with van der Waals surface area (Å²) in [7, 11) is 0. The number of amides is 1. The summed E-state index contributed by atoms with van der Waals surface area (Å²) in [4.78, 5) is 12.5. The van der Waals surface area contributed by atoms with E-state index in [0.717, 1.165) is 6.07 Å². The highest BCUT2D eigenvalue weighted by Crippen LogP contribution is 2.29. The summed E-state index contributed by atoms with van der Waals surface area (Å²) in [6.07, 6.45) is 0. The third-order valence-electron chi connectivity index (χ3n) is 3.31. The summed E-state index contributed by atoms with van der Waals surface area (Å²) in [5, 5.41) is 5.04. The van der Waals surface area contributed by atoms with Crippen LogP contribution in [0, 0.1) is 5.82 Å². The zero-order valence-corrected chi connectivity index (χ0v) is 12.8. The van der Waals surface area contributed by atoms with Crippen molar-refractivity contribution in [1.82, 2.24) is 0 Å². The molecule has 1 aromatic heterocycles. The van der Waals surface area contributed by atoms with E-state index in [2.05, 4.69) is 19.2 Å². The molecule has 0 radical (unpaired) electrons. The average molecular weight is 307 g/mol. The van der Waals surface area contributed by atoms with Gasteiger partial charge in [-0.05, 0) is 23.6 Å². The van der Waals surface area contributed by atoms with Gasteiger partial charge in [-0.2, -0.15) is 0 Å². The molecule has 1 heterocycles. The standard InChI is InChI=1S/C15H18FN3OS/c1-15(2,13-4-3-5-21-13)8-19-12-6-9(14(18)20)11(17)7-10(12)16/h3-7,19H,8,17H2,1-2H3,(H2,18,20). The van der Waals surface area contributed by atoms with Crippen LogP contribution in [0.4, 0.5) is 15.8 Å². The second-order valence-corrected chi connectivity index (χ2v) is 6.45. The van der Waals surface area contributed by atoms with E-state index in [1.165, 1.54) is 10.9 Å². The second-order valence-electron chi connectivity index (χ2n) is 5.50. The van der Waals surface area contributed by atoms with Crippen LogP contribution in [0.5, 0.6) is 0 Å². The minimum Gasteiger partial charge on any atom is -0.398 e. The minimum absolute atomic E-state index is 0.0445. The number of nitrogens with two attached hydrogens (primary N) is 2. The normalized spacial score (nSPS) is 11.4. The molecular formula is C15H18FN3OS. The van der Waals surface area contributed by atoms with Crippen LogP contribution in [0.1, 0.15) is 29.1 Å². The van der Waals surface area contributed by atoms with Gasteiger partial charge in [-0.3, -0.25) is 4.79 Å². The number of thiophene rings is 1. The Morgan fingerprint density at radius 2 is 2.14 bits per heavy atom. The quantitative estimate of drug-likeness (QED) is 0.743. The summed E-state index contributed by atoms with van der Waals surface area (Å²) in [5.74, 6) is -1.17. The van der Waals surface area contributed by atoms with Crippen LogP contribution < -0.4 is 16.8 Å². The Hall–Kier alpha value is -2.08. The van der Waals surface area contributed by atoms with Crippen LogP contribution in [0.15, 0.2) is 29.6 Å². The lowest BCUT2D eigenvalue weighted by atomic mass is 9.91. The highest BCUT2D eigenvalue weighted by atomic mass is 32.1. The molecule has 1 amide bonds. The molecule has 0 aliphatic heterocycles. The van der Waals surface area contributed by atoms with Gasteiger partial charge >= 0.3 is 0 Å². The molecule has 1 aromatic carbocycles. The van der Waals surface area contributed by atoms with Crippen LogP contribution in [0.3, 0.4) is 0 Å². The predicted molar refractivity (Wildman–Crippen MR) is 85.2 cm³/mol. The molecule has 0 spiro atoms. The second kappa shape index (κ2) is 5.73. The Labute approximate surface area is 127 Å². The number of nitrogen functional groups attached to an aromatic ring is 1. The number of carbonyl (C=O) groups excluding carboxylic acids is 1. The fourth-order valence-electron chi connectivity index (χ4n) is 2.00. The van der Waals surface area contributed by atoms with Gasteiger partial charge in [-0.25, -0.2) is 4.39 Å². The van der Waals surface area contributed by atoms with E-state index < -0.39 is 11.7 Å². The van der Waals surface area contributed by atoms with Crippen molar-refractivity contribution >= 4 is 28.6 Å². The molecule has 2 rings (SSSR count). The summed E-state index contributed by atoms with van der Waals surface area (Å²) < 4.78 is 13.9. The van der Waals surface area contributed by atoms with Gasteiger partial charge in [-0.1, -0.05) is 19.9 Å². The molecule has 0 saturated carbocycles. The maximum absolute atomic E-state index is 13.9. The molecule has 6 heteroatoms. The van der Waals surface area contributed by atoms with Crippen LogP contribution in [0.25, 0.3) is 0 Å². The van der Waals surface area contributed by atoms with Gasteiger partial charge in [0.25, 0.3) is 5.91 Å². The van der Waals surface area contributed by atoms with Crippen molar-refractivity contribution in [1.29, 1.82) is 0 Å². The number of carbonyl (C=O) groups is 1. The smallest absolute Gasteiger partial charge is 0.250 e. The third kappa shape index (κ3) is 3.33. The molecule has 0 aliphatic rings. The molecule has 0 fully saturated rings. The number of hydrogen-bond donors (Lipinski definition) is 3. The number of benzene rings is 1. The van der Waals surface area contributed by atoms with Crippen molar-refractivity contribution in [2.24, 2.45) is 5.73 Å². The first-order valence-electron chi connectivity index (χ1n) is 6.48. The number of anilines is 2. The van der Waals surface area contributed by atoms with Gasteiger partial charge in [0, 0.05) is 22.5 Å². The Morgan fingerprint density at radius 3 is 2.71 bits per heavy atom. The highest BCUT2D eigenvalue weighted by molar-refractivity contribution is 7.10. The first-order valence-corrected chi connectivity index (χ1v) is 7.36.